The molecule has 0 radical (unpaired) electrons. The maximum Gasteiger partial charge on any atom is 0.108 e. The van der Waals surface area contributed by atoms with Gasteiger partial charge in [0.15, 0.2) is 0 Å². The van der Waals surface area contributed by atoms with Gasteiger partial charge >= 0.3 is 0 Å². The number of nitrogens with zero attached hydrogens (tertiary/aromatic N) is 4. The zero-order valence-corrected chi connectivity index (χ0v) is 15.3. The molecule has 0 aromatic carbocycles. The van der Waals surface area contributed by atoms with Crippen LogP contribution in [0.2, 0.25) is 0 Å². The Balaban J connectivity index is 1.67. The number of amidine groups is 1. The van der Waals surface area contributed by atoms with Crippen LogP contribution in [0.5, 0.6) is 0 Å². The van der Waals surface area contributed by atoms with E-state index in [9.17, 15) is 0 Å². The summed E-state index contributed by atoms with van der Waals surface area (Å²) < 4.78 is 3.22. The van der Waals surface area contributed by atoms with Crippen LogP contribution in [0.4, 0.5) is 5.69 Å². The van der Waals surface area contributed by atoms with Gasteiger partial charge in [-0.15, -0.1) is 0 Å². The molecule has 132 valence electrons. The van der Waals surface area contributed by atoms with E-state index in [1.807, 2.05) is 41.8 Å². The van der Waals surface area contributed by atoms with Gasteiger partial charge in [0.25, 0.3) is 0 Å². The fourth-order valence-electron chi connectivity index (χ4n) is 2.47. The highest BCUT2D eigenvalue weighted by Crippen LogP contribution is 2.24. The molecule has 3 heterocycles. The molecule has 0 aliphatic carbocycles. The Kier molecular flexibility index (Phi) is 6.16. The molecular formula is C19H20N6S. The Morgan fingerprint density at radius 2 is 2.27 bits per heavy atom. The number of hydrogen-bond acceptors (Lipinski definition) is 6. The normalized spacial score (nSPS) is 15.6. The third-order valence-electron chi connectivity index (χ3n) is 3.84. The molecule has 26 heavy (non-hydrogen) atoms. The van der Waals surface area contributed by atoms with Gasteiger partial charge in [0.05, 0.1) is 5.69 Å². The summed E-state index contributed by atoms with van der Waals surface area (Å²) in [5.41, 5.74) is 3.30. The number of hydrogen-bond donors (Lipinski definition) is 2. The number of rotatable bonds is 6. The van der Waals surface area contributed by atoms with Crippen molar-refractivity contribution in [2.75, 3.05) is 11.8 Å². The van der Waals surface area contributed by atoms with E-state index in [-0.39, 0.29) is 0 Å². The summed E-state index contributed by atoms with van der Waals surface area (Å²) in [6, 6.07) is 5.84. The molecule has 2 N–H and O–H groups in total. The van der Waals surface area contributed by atoms with Gasteiger partial charge in [-0.05, 0) is 30.5 Å². The maximum atomic E-state index is 7.53. The minimum Gasteiger partial charge on any atom is -0.340 e. The zero-order valence-electron chi connectivity index (χ0n) is 14.5. The lowest BCUT2D eigenvalue weighted by atomic mass is 10.1. The van der Waals surface area contributed by atoms with Crippen molar-refractivity contribution >= 4 is 29.7 Å². The highest BCUT2D eigenvalue weighted by atomic mass is 32.2. The molecule has 1 aliphatic heterocycles. The summed E-state index contributed by atoms with van der Waals surface area (Å²) in [5, 5.41) is 9.41. The van der Waals surface area contributed by atoms with Crippen molar-refractivity contribution in [2.45, 2.75) is 12.8 Å². The van der Waals surface area contributed by atoms with Crippen LogP contribution in [-0.4, -0.2) is 34.0 Å². The third kappa shape index (κ3) is 4.58. The number of aromatic nitrogens is 2. The fraction of sp³-hybridized carbons (Fsp3) is 0.158. The first-order valence-corrected chi connectivity index (χ1v) is 9.09. The van der Waals surface area contributed by atoms with E-state index >= 15 is 0 Å². The molecule has 1 aliphatic rings. The van der Waals surface area contributed by atoms with E-state index < -0.39 is 0 Å². The lowest BCUT2D eigenvalue weighted by Crippen LogP contribution is -2.22. The van der Waals surface area contributed by atoms with Gasteiger partial charge < -0.3 is 15.0 Å². The Labute approximate surface area is 157 Å². The van der Waals surface area contributed by atoms with Gasteiger partial charge in [0.1, 0.15) is 11.5 Å². The van der Waals surface area contributed by atoms with E-state index in [2.05, 4.69) is 25.8 Å². The van der Waals surface area contributed by atoms with Gasteiger partial charge in [0.2, 0.25) is 0 Å². The quantitative estimate of drug-likeness (QED) is 0.590. The Bertz CT molecular complexity index is 844. The molecule has 0 fully saturated rings. The first kappa shape index (κ1) is 17.9. The van der Waals surface area contributed by atoms with Gasteiger partial charge in [-0.2, -0.15) is 0 Å². The monoisotopic (exact) mass is 364 g/mol. The van der Waals surface area contributed by atoms with Gasteiger partial charge in [-0.1, -0.05) is 12.1 Å². The van der Waals surface area contributed by atoms with Crippen LogP contribution in [0.25, 0.3) is 11.1 Å². The van der Waals surface area contributed by atoms with Crippen LogP contribution in [0.15, 0.2) is 65.7 Å². The van der Waals surface area contributed by atoms with E-state index in [0.717, 1.165) is 35.5 Å². The summed E-state index contributed by atoms with van der Waals surface area (Å²) in [7, 11) is 2.00. The molecule has 3 rings (SSSR count). The first-order chi connectivity index (χ1) is 12.8. The van der Waals surface area contributed by atoms with E-state index in [1.54, 1.807) is 24.8 Å². The predicted molar refractivity (Wildman–Crippen MR) is 109 cm³/mol. The van der Waals surface area contributed by atoms with Crippen molar-refractivity contribution in [3.8, 4) is 11.1 Å². The number of pyridine rings is 2. The molecule has 2 aromatic rings. The average molecular weight is 364 g/mol. The van der Waals surface area contributed by atoms with Crippen molar-refractivity contribution in [1.82, 2.24) is 14.9 Å². The van der Waals surface area contributed by atoms with Crippen LogP contribution in [0, 0.1) is 5.41 Å². The molecular weight excluding hydrogens is 344 g/mol. The van der Waals surface area contributed by atoms with Crippen molar-refractivity contribution < 1.29 is 0 Å². The molecule has 0 bridgehead atoms. The lowest BCUT2D eigenvalue weighted by molar-refractivity contribution is 0.640. The summed E-state index contributed by atoms with van der Waals surface area (Å²) in [4.78, 5) is 15.0. The second kappa shape index (κ2) is 8.96. The summed E-state index contributed by atoms with van der Waals surface area (Å²) in [5.74, 6) is 1.05. The minimum atomic E-state index is 0.585. The van der Waals surface area contributed by atoms with Gasteiger partial charge in [0, 0.05) is 67.2 Å². The SMILES string of the molecule is CN1C=CCC/C1=N/C=C/SNc1cc(-c2cccnc2)cnc1C=N. The highest BCUT2D eigenvalue weighted by Gasteiger charge is 2.06. The lowest BCUT2D eigenvalue weighted by Gasteiger charge is -2.19. The molecule has 0 saturated carbocycles. The topological polar surface area (TPSA) is 77.3 Å². The van der Waals surface area contributed by atoms with Crippen LogP contribution < -0.4 is 4.72 Å². The van der Waals surface area contributed by atoms with Crippen LogP contribution in [0.3, 0.4) is 0 Å². The van der Waals surface area contributed by atoms with Crippen LogP contribution in [0.1, 0.15) is 18.5 Å². The Morgan fingerprint density at radius 1 is 1.35 bits per heavy atom. The number of aliphatic imine (C=N–C) groups is 1. The average Bonchev–Trinajstić information content (AvgIpc) is 2.69. The highest BCUT2D eigenvalue weighted by molar-refractivity contribution is 8.03. The van der Waals surface area contributed by atoms with Gasteiger partial charge in [-0.25, -0.2) is 4.99 Å². The maximum absolute atomic E-state index is 7.53. The van der Waals surface area contributed by atoms with E-state index in [4.69, 9.17) is 5.41 Å². The van der Waals surface area contributed by atoms with Crippen LogP contribution in [-0.2, 0) is 0 Å². The van der Waals surface area contributed by atoms with Crippen molar-refractivity contribution in [2.24, 2.45) is 4.99 Å². The van der Waals surface area contributed by atoms with Gasteiger partial charge in [-0.3, -0.25) is 9.97 Å². The summed E-state index contributed by atoms with van der Waals surface area (Å²) >= 11 is 1.40. The predicted octanol–water partition coefficient (Wildman–Crippen LogP) is 4.31. The van der Waals surface area contributed by atoms with E-state index in [1.165, 1.54) is 18.2 Å². The standard InChI is InChI=1S/C19H20N6S/c1-25-9-3-2-6-19(25)22-8-10-26-24-17-11-16(14-23-18(17)12-20)15-5-4-7-21-13-15/h3-5,7-14,20,24H,2,6H2,1H3/b10-8+,20-12?,22-19-. The van der Waals surface area contributed by atoms with Crippen molar-refractivity contribution in [1.29, 1.82) is 5.41 Å². The summed E-state index contributed by atoms with van der Waals surface area (Å²) in [6.45, 7) is 0. The first-order valence-electron chi connectivity index (χ1n) is 8.21. The fourth-order valence-corrected chi connectivity index (χ4v) is 2.95. The molecule has 2 aromatic heterocycles. The molecule has 0 saturated heterocycles. The second-order valence-electron chi connectivity index (χ2n) is 5.63. The van der Waals surface area contributed by atoms with Crippen molar-refractivity contribution in [3.05, 3.63) is 66.4 Å². The smallest absolute Gasteiger partial charge is 0.108 e. The molecule has 0 atom stereocenters. The molecule has 0 amide bonds. The Hall–Kier alpha value is -2.93. The van der Waals surface area contributed by atoms with Crippen LogP contribution >= 0.6 is 11.9 Å². The zero-order chi connectivity index (χ0) is 18.2. The molecule has 0 unspecified atom stereocenters. The number of nitrogens with one attached hydrogen (secondary N) is 2. The number of anilines is 1. The Morgan fingerprint density at radius 3 is 3.04 bits per heavy atom. The summed E-state index contributed by atoms with van der Waals surface area (Å²) in [6.07, 6.45) is 14.5. The third-order valence-corrected chi connectivity index (χ3v) is 4.44. The largest absolute Gasteiger partial charge is 0.340 e. The molecule has 0 spiro atoms. The minimum absolute atomic E-state index is 0.585. The van der Waals surface area contributed by atoms with E-state index in [0.29, 0.717) is 5.69 Å². The van der Waals surface area contributed by atoms with Crippen molar-refractivity contribution in [3.63, 3.8) is 0 Å². The second-order valence-corrected chi connectivity index (χ2v) is 6.34. The number of allylic oxidation sites excluding steroid dienone is 1. The molecule has 7 heteroatoms. The molecule has 6 nitrogen and oxygen atoms in total.